The van der Waals surface area contributed by atoms with Crippen molar-refractivity contribution in [3.63, 3.8) is 0 Å². The molecule has 1 atom stereocenters. The molecule has 1 N–H and O–H groups in total. The van der Waals surface area contributed by atoms with Gasteiger partial charge in [0.2, 0.25) is 0 Å². The lowest BCUT2D eigenvalue weighted by Gasteiger charge is -2.32. The predicted molar refractivity (Wildman–Crippen MR) is 76.8 cm³/mol. The number of carbonyl (C=O) groups excluding carboxylic acids is 1. The molecule has 0 aliphatic carbocycles. The van der Waals surface area contributed by atoms with Crippen LogP contribution >= 0.6 is 24.0 Å². The van der Waals surface area contributed by atoms with Crippen molar-refractivity contribution in [2.45, 2.75) is 19.9 Å². The van der Waals surface area contributed by atoms with Gasteiger partial charge in [-0.15, -0.1) is 12.4 Å². The number of halogens is 2. The van der Waals surface area contributed by atoms with E-state index in [9.17, 15) is 4.79 Å². The van der Waals surface area contributed by atoms with Crippen molar-refractivity contribution in [2.24, 2.45) is 0 Å². The second kappa shape index (κ2) is 6.41. The van der Waals surface area contributed by atoms with Gasteiger partial charge in [-0.1, -0.05) is 17.7 Å². The highest BCUT2D eigenvalue weighted by molar-refractivity contribution is 6.31. The summed E-state index contributed by atoms with van der Waals surface area (Å²) >= 11 is 6.04. The summed E-state index contributed by atoms with van der Waals surface area (Å²) in [5, 5.41) is 3.97. The Labute approximate surface area is 119 Å². The molecule has 0 unspecified atom stereocenters. The molecule has 0 spiro atoms. The topological polar surface area (TPSA) is 32.3 Å². The summed E-state index contributed by atoms with van der Waals surface area (Å²) in [6.45, 7) is 6.39. The van der Waals surface area contributed by atoms with Crippen LogP contribution < -0.4 is 5.32 Å². The third-order valence-electron chi connectivity index (χ3n) is 3.07. The smallest absolute Gasteiger partial charge is 0.254 e. The van der Waals surface area contributed by atoms with Gasteiger partial charge in [-0.2, -0.15) is 0 Å². The first kappa shape index (κ1) is 15.3. The lowest BCUT2D eigenvalue weighted by Crippen LogP contribution is -2.51. The van der Waals surface area contributed by atoms with Crippen molar-refractivity contribution in [3.05, 3.63) is 34.3 Å². The van der Waals surface area contributed by atoms with E-state index in [2.05, 4.69) is 12.2 Å². The molecule has 18 heavy (non-hydrogen) atoms. The zero-order valence-corrected chi connectivity index (χ0v) is 12.1. The van der Waals surface area contributed by atoms with E-state index in [4.69, 9.17) is 11.6 Å². The van der Waals surface area contributed by atoms with Crippen molar-refractivity contribution in [1.82, 2.24) is 10.2 Å². The minimum Gasteiger partial charge on any atom is -0.336 e. The van der Waals surface area contributed by atoms with E-state index >= 15 is 0 Å². The Morgan fingerprint density at radius 1 is 1.50 bits per heavy atom. The Kier molecular flexibility index (Phi) is 5.45. The maximum atomic E-state index is 12.2. The van der Waals surface area contributed by atoms with Crippen LogP contribution in [0.25, 0.3) is 0 Å². The zero-order valence-electron chi connectivity index (χ0n) is 10.6. The van der Waals surface area contributed by atoms with Crippen molar-refractivity contribution in [2.75, 3.05) is 19.6 Å². The Morgan fingerprint density at radius 3 is 2.83 bits per heavy atom. The number of amides is 1. The van der Waals surface area contributed by atoms with E-state index < -0.39 is 0 Å². The van der Waals surface area contributed by atoms with Crippen LogP contribution in [0, 0.1) is 6.92 Å². The standard InChI is InChI=1S/C13H17ClN2O.ClH/c1-9-3-4-11(7-12(9)14)13(17)16-6-5-15-10(2)8-16;/h3-4,7,10,15H,5-6,8H2,1-2H3;1H/t10-;/m0./s1. The molecule has 100 valence electrons. The summed E-state index contributed by atoms with van der Waals surface area (Å²) in [5.74, 6) is 0.0697. The van der Waals surface area contributed by atoms with Gasteiger partial charge in [0.15, 0.2) is 0 Å². The van der Waals surface area contributed by atoms with Crippen LogP contribution in [0.15, 0.2) is 18.2 Å². The Hall–Kier alpha value is -0.770. The van der Waals surface area contributed by atoms with Gasteiger partial charge in [0.25, 0.3) is 5.91 Å². The van der Waals surface area contributed by atoms with Crippen LogP contribution in [-0.2, 0) is 0 Å². The summed E-state index contributed by atoms with van der Waals surface area (Å²) in [7, 11) is 0. The Bertz CT molecular complexity index is 437. The minimum absolute atomic E-state index is 0. The van der Waals surface area contributed by atoms with Crippen LogP contribution in [0.4, 0.5) is 0 Å². The summed E-state index contributed by atoms with van der Waals surface area (Å²) in [6.07, 6.45) is 0. The first-order valence-electron chi connectivity index (χ1n) is 5.87. The summed E-state index contributed by atoms with van der Waals surface area (Å²) < 4.78 is 0. The lowest BCUT2D eigenvalue weighted by atomic mass is 10.1. The second-order valence-electron chi connectivity index (χ2n) is 4.57. The van der Waals surface area contributed by atoms with Gasteiger partial charge in [-0.3, -0.25) is 4.79 Å². The van der Waals surface area contributed by atoms with Crippen molar-refractivity contribution >= 4 is 29.9 Å². The summed E-state index contributed by atoms with van der Waals surface area (Å²) in [4.78, 5) is 14.1. The molecule has 1 saturated heterocycles. The van der Waals surface area contributed by atoms with E-state index in [1.54, 1.807) is 6.07 Å². The van der Waals surface area contributed by atoms with E-state index in [1.165, 1.54) is 0 Å². The quantitative estimate of drug-likeness (QED) is 0.861. The van der Waals surface area contributed by atoms with Gasteiger partial charge >= 0.3 is 0 Å². The van der Waals surface area contributed by atoms with Gasteiger partial charge < -0.3 is 10.2 Å². The molecular formula is C13H18Cl2N2O. The molecule has 1 aliphatic heterocycles. The fraction of sp³-hybridized carbons (Fsp3) is 0.462. The van der Waals surface area contributed by atoms with Crippen molar-refractivity contribution < 1.29 is 4.79 Å². The highest BCUT2D eigenvalue weighted by atomic mass is 35.5. The number of rotatable bonds is 1. The SMILES string of the molecule is Cc1ccc(C(=O)N2CCN[C@@H](C)C2)cc1Cl.Cl. The molecule has 1 heterocycles. The lowest BCUT2D eigenvalue weighted by molar-refractivity contribution is 0.0709. The maximum Gasteiger partial charge on any atom is 0.254 e. The fourth-order valence-electron chi connectivity index (χ4n) is 2.03. The van der Waals surface area contributed by atoms with Gasteiger partial charge in [-0.25, -0.2) is 0 Å². The van der Waals surface area contributed by atoms with Crippen molar-refractivity contribution in [1.29, 1.82) is 0 Å². The predicted octanol–water partition coefficient (Wildman–Crippen LogP) is 2.50. The number of aryl methyl sites for hydroxylation is 1. The second-order valence-corrected chi connectivity index (χ2v) is 4.98. The third-order valence-corrected chi connectivity index (χ3v) is 3.48. The fourth-order valence-corrected chi connectivity index (χ4v) is 2.21. The molecule has 1 aliphatic rings. The van der Waals surface area contributed by atoms with Gasteiger partial charge in [0, 0.05) is 36.3 Å². The molecule has 1 amide bonds. The highest BCUT2D eigenvalue weighted by Gasteiger charge is 2.21. The first-order valence-corrected chi connectivity index (χ1v) is 6.24. The molecular weight excluding hydrogens is 271 g/mol. The zero-order chi connectivity index (χ0) is 12.4. The monoisotopic (exact) mass is 288 g/mol. The number of piperazine rings is 1. The summed E-state index contributed by atoms with van der Waals surface area (Å²) in [5.41, 5.74) is 1.67. The van der Waals surface area contributed by atoms with Gasteiger partial charge in [0.1, 0.15) is 0 Å². The van der Waals surface area contributed by atoms with E-state index in [-0.39, 0.29) is 18.3 Å². The molecule has 0 aromatic heterocycles. The number of nitrogens with one attached hydrogen (secondary N) is 1. The summed E-state index contributed by atoms with van der Waals surface area (Å²) in [6, 6.07) is 5.84. The van der Waals surface area contributed by atoms with Crippen LogP contribution in [0.5, 0.6) is 0 Å². The molecule has 0 radical (unpaired) electrons. The molecule has 3 nitrogen and oxygen atoms in total. The average Bonchev–Trinajstić information content (AvgIpc) is 2.32. The molecule has 1 aromatic carbocycles. The van der Waals surface area contributed by atoms with Crippen LogP contribution in [0.1, 0.15) is 22.8 Å². The minimum atomic E-state index is 0. The van der Waals surface area contributed by atoms with Gasteiger partial charge in [0.05, 0.1) is 0 Å². The third kappa shape index (κ3) is 3.37. The van der Waals surface area contributed by atoms with Crippen molar-refractivity contribution in [3.8, 4) is 0 Å². The molecule has 2 rings (SSSR count). The largest absolute Gasteiger partial charge is 0.336 e. The Balaban J connectivity index is 0.00000162. The van der Waals surface area contributed by atoms with E-state index in [0.29, 0.717) is 16.6 Å². The Morgan fingerprint density at radius 2 is 2.22 bits per heavy atom. The van der Waals surface area contributed by atoms with Gasteiger partial charge in [-0.05, 0) is 31.5 Å². The number of carbonyl (C=O) groups is 1. The number of nitrogens with zero attached hydrogens (tertiary/aromatic N) is 1. The average molecular weight is 289 g/mol. The van der Waals surface area contributed by atoms with Crippen LogP contribution in [-0.4, -0.2) is 36.5 Å². The number of hydrogen-bond acceptors (Lipinski definition) is 2. The van der Waals surface area contributed by atoms with E-state index in [1.807, 2.05) is 24.0 Å². The molecule has 0 saturated carbocycles. The maximum absolute atomic E-state index is 12.2. The molecule has 1 aromatic rings. The molecule has 5 heteroatoms. The van der Waals surface area contributed by atoms with E-state index in [0.717, 1.165) is 25.2 Å². The highest BCUT2D eigenvalue weighted by Crippen LogP contribution is 2.18. The molecule has 1 fully saturated rings. The number of benzene rings is 1. The first-order chi connectivity index (χ1) is 8.08. The van der Waals surface area contributed by atoms with Crippen LogP contribution in [0.2, 0.25) is 5.02 Å². The number of hydrogen-bond donors (Lipinski definition) is 1. The normalized spacial score (nSPS) is 19.3. The van der Waals surface area contributed by atoms with Crippen LogP contribution in [0.3, 0.4) is 0 Å². The molecule has 0 bridgehead atoms.